The Morgan fingerprint density at radius 2 is 0.893 bits per heavy atom. The molecule has 0 N–H and O–H groups in total. The van der Waals surface area contributed by atoms with Gasteiger partial charge in [0, 0.05) is 44.3 Å². The molecule has 0 amide bonds. The Balaban J connectivity index is 0.944. The number of furan rings is 2. The van der Waals surface area contributed by atoms with Gasteiger partial charge in [0.2, 0.25) is 5.89 Å². The standard InChI is InChI=1S/C51H32N2O3/c1-2-8-36(9-3-1)51-52-45-29-21-38(31-50(45)56-51)34-16-24-41(25-17-34)53(42-26-18-35(19-27-42)48-32-39-10-4-6-12-46(39)54-48)40-22-14-33(15-23-40)37-20-28-44-43-11-5-7-13-47(43)55-49(44)30-37/h1-32H. The summed E-state index contributed by atoms with van der Waals surface area (Å²) in [4.78, 5) is 7.00. The molecule has 0 radical (unpaired) electrons. The minimum absolute atomic E-state index is 0.621. The summed E-state index contributed by atoms with van der Waals surface area (Å²) in [5.41, 5.74) is 13.7. The zero-order valence-corrected chi connectivity index (χ0v) is 30.1. The van der Waals surface area contributed by atoms with Gasteiger partial charge in [0.15, 0.2) is 5.58 Å². The van der Waals surface area contributed by atoms with Crippen molar-refractivity contribution in [2.75, 3.05) is 4.90 Å². The van der Waals surface area contributed by atoms with E-state index in [1.807, 2.05) is 66.7 Å². The lowest BCUT2D eigenvalue weighted by Gasteiger charge is -2.26. The minimum Gasteiger partial charge on any atom is -0.456 e. The van der Waals surface area contributed by atoms with Crippen molar-refractivity contribution >= 4 is 61.1 Å². The number of anilines is 3. The molecule has 11 aromatic rings. The van der Waals surface area contributed by atoms with Crippen molar-refractivity contribution in [1.29, 1.82) is 0 Å². The molecular weight excluding hydrogens is 689 g/mol. The van der Waals surface area contributed by atoms with Crippen molar-refractivity contribution in [3.8, 4) is 45.0 Å². The largest absolute Gasteiger partial charge is 0.456 e. The molecule has 5 nitrogen and oxygen atoms in total. The van der Waals surface area contributed by atoms with Crippen LogP contribution in [-0.4, -0.2) is 4.98 Å². The third-order valence-corrected chi connectivity index (χ3v) is 10.5. The van der Waals surface area contributed by atoms with Crippen LogP contribution in [0.25, 0.3) is 89.0 Å². The van der Waals surface area contributed by atoms with Crippen LogP contribution in [0.15, 0.2) is 207 Å². The van der Waals surface area contributed by atoms with Crippen LogP contribution in [0.5, 0.6) is 0 Å². The van der Waals surface area contributed by atoms with Crippen LogP contribution in [0.2, 0.25) is 0 Å². The quantitative estimate of drug-likeness (QED) is 0.164. The fourth-order valence-electron chi connectivity index (χ4n) is 7.67. The molecular formula is C51H32N2O3. The first kappa shape index (κ1) is 31.9. The van der Waals surface area contributed by atoms with Gasteiger partial charge in [0.25, 0.3) is 0 Å². The van der Waals surface area contributed by atoms with Crippen molar-refractivity contribution in [3.05, 3.63) is 194 Å². The summed E-state index contributed by atoms with van der Waals surface area (Å²) in [5, 5.41) is 3.35. The van der Waals surface area contributed by atoms with Gasteiger partial charge in [-0.3, -0.25) is 0 Å². The topological polar surface area (TPSA) is 55.6 Å². The zero-order chi connectivity index (χ0) is 37.0. The molecule has 0 atom stereocenters. The molecule has 264 valence electrons. The highest BCUT2D eigenvalue weighted by Gasteiger charge is 2.16. The van der Waals surface area contributed by atoms with E-state index in [-0.39, 0.29) is 0 Å². The smallest absolute Gasteiger partial charge is 0.227 e. The molecule has 3 heterocycles. The molecule has 0 fully saturated rings. The average molecular weight is 721 g/mol. The van der Waals surface area contributed by atoms with Gasteiger partial charge >= 0.3 is 0 Å². The van der Waals surface area contributed by atoms with E-state index >= 15 is 0 Å². The van der Waals surface area contributed by atoms with Crippen molar-refractivity contribution in [2.45, 2.75) is 0 Å². The van der Waals surface area contributed by atoms with Crippen LogP contribution in [0.4, 0.5) is 17.1 Å². The lowest BCUT2D eigenvalue weighted by Crippen LogP contribution is -2.09. The molecule has 11 rings (SSSR count). The predicted octanol–water partition coefficient (Wildman–Crippen LogP) is 14.6. The van der Waals surface area contributed by atoms with Gasteiger partial charge in [-0.25, -0.2) is 4.98 Å². The molecule has 0 unspecified atom stereocenters. The van der Waals surface area contributed by atoms with Gasteiger partial charge in [0.05, 0.1) is 0 Å². The predicted molar refractivity (Wildman–Crippen MR) is 227 cm³/mol. The zero-order valence-electron chi connectivity index (χ0n) is 30.1. The fourth-order valence-corrected chi connectivity index (χ4v) is 7.67. The lowest BCUT2D eigenvalue weighted by molar-refractivity contribution is 0.620. The van der Waals surface area contributed by atoms with Crippen LogP contribution in [-0.2, 0) is 0 Å². The third-order valence-electron chi connectivity index (χ3n) is 10.5. The van der Waals surface area contributed by atoms with E-state index in [1.165, 1.54) is 0 Å². The third kappa shape index (κ3) is 5.62. The van der Waals surface area contributed by atoms with Gasteiger partial charge < -0.3 is 18.2 Å². The van der Waals surface area contributed by atoms with Crippen molar-refractivity contribution < 1.29 is 13.3 Å². The van der Waals surface area contributed by atoms with E-state index < -0.39 is 0 Å². The minimum atomic E-state index is 0.621. The van der Waals surface area contributed by atoms with Gasteiger partial charge in [-0.2, -0.15) is 0 Å². The number of hydrogen-bond donors (Lipinski definition) is 0. The monoisotopic (exact) mass is 720 g/mol. The van der Waals surface area contributed by atoms with E-state index in [1.54, 1.807) is 0 Å². The molecule has 0 spiro atoms. The van der Waals surface area contributed by atoms with Gasteiger partial charge in [-0.1, -0.05) is 91.0 Å². The Bertz CT molecular complexity index is 3140. The van der Waals surface area contributed by atoms with E-state index in [4.69, 9.17) is 18.2 Å². The Kier molecular flexibility index (Phi) is 7.42. The number of aromatic nitrogens is 1. The Labute approximate surface area is 322 Å². The van der Waals surface area contributed by atoms with Crippen LogP contribution in [0, 0.1) is 0 Å². The number of para-hydroxylation sites is 2. The fraction of sp³-hybridized carbons (Fsp3) is 0. The summed E-state index contributed by atoms with van der Waals surface area (Å²) in [5.74, 6) is 1.47. The molecule has 0 aliphatic heterocycles. The molecule has 0 saturated carbocycles. The molecule has 8 aromatic carbocycles. The van der Waals surface area contributed by atoms with Crippen LogP contribution in [0.3, 0.4) is 0 Å². The number of benzene rings is 8. The van der Waals surface area contributed by atoms with E-state index in [9.17, 15) is 0 Å². The Morgan fingerprint density at radius 3 is 1.59 bits per heavy atom. The lowest BCUT2D eigenvalue weighted by atomic mass is 10.0. The van der Waals surface area contributed by atoms with Crippen LogP contribution >= 0.6 is 0 Å². The first-order valence-electron chi connectivity index (χ1n) is 18.7. The van der Waals surface area contributed by atoms with Crippen LogP contribution in [0.1, 0.15) is 0 Å². The first-order valence-corrected chi connectivity index (χ1v) is 18.7. The molecule has 0 saturated heterocycles. The summed E-state index contributed by atoms with van der Waals surface area (Å²) < 4.78 is 18.6. The van der Waals surface area contributed by atoms with Gasteiger partial charge in [0.1, 0.15) is 28.0 Å². The second-order valence-corrected chi connectivity index (χ2v) is 14.0. The highest BCUT2D eigenvalue weighted by Crippen LogP contribution is 2.39. The normalized spacial score (nSPS) is 11.6. The second-order valence-electron chi connectivity index (χ2n) is 14.0. The SMILES string of the molecule is c1ccc(-c2nc3ccc(-c4ccc(N(c5ccc(-c6ccc7c(c6)oc6ccccc67)cc5)c5ccc(-c6cc7ccccc7o6)cc5)cc4)cc3o2)cc1. The Morgan fingerprint density at radius 1 is 0.339 bits per heavy atom. The highest BCUT2D eigenvalue weighted by atomic mass is 16.3. The molecule has 0 bridgehead atoms. The maximum Gasteiger partial charge on any atom is 0.227 e. The van der Waals surface area contributed by atoms with Crippen molar-refractivity contribution in [3.63, 3.8) is 0 Å². The Hall–Kier alpha value is -7.63. The van der Waals surface area contributed by atoms with Crippen LogP contribution < -0.4 is 4.90 Å². The van der Waals surface area contributed by atoms with Crippen molar-refractivity contribution in [2.24, 2.45) is 0 Å². The summed E-state index contributed by atoms with van der Waals surface area (Å²) in [7, 11) is 0. The summed E-state index contributed by atoms with van der Waals surface area (Å²) in [6, 6.07) is 67.0. The summed E-state index contributed by atoms with van der Waals surface area (Å²) >= 11 is 0. The number of oxazole rings is 1. The average Bonchev–Trinajstić information content (AvgIpc) is 4.00. The maximum atomic E-state index is 6.21. The van der Waals surface area contributed by atoms with Crippen molar-refractivity contribution in [1.82, 2.24) is 4.98 Å². The summed E-state index contributed by atoms with van der Waals surface area (Å²) in [6.07, 6.45) is 0. The second kappa shape index (κ2) is 13.0. The van der Waals surface area contributed by atoms with Gasteiger partial charge in [-0.15, -0.1) is 0 Å². The highest BCUT2D eigenvalue weighted by molar-refractivity contribution is 6.06. The van der Waals surface area contributed by atoms with E-state index in [0.29, 0.717) is 5.89 Å². The molecule has 3 aromatic heterocycles. The number of fused-ring (bicyclic) bond motifs is 5. The summed E-state index contributed by atoms with van der Waals surface area (Å²) in [6.45, 7) is 0. The number of nitrogens with zero attached hydrogens (tertiary/aromatic N) is 2. The first-order chi connectivity index (χ1) is 27.7. The molecule has 5 heteroatoms. The number of hydrogen-bond acceptors (Lipinski definition) is 5. The van der Waals surface area contributed by atoms with Gasteiger partial charge in [-0.05, 0) is 125 Å². The molecule has 0 aliphatic rings. The number of rotatable bonds is 7. The van der Waals surface area contributed by atoms with E-state index in [0.717, 1.165) is 100 Å². The molecule has 0 aliphatic carbocycles. The van der Waals surface area contributed by atoms with E-state index in [2.05, 4.69) is 132 Å². The maximum absolute atomic E-state index is 6.21. The molecule has 56 heavy (non-hydrogen) atoms.